The van der Waals surface area contributed by atoms with Crippen molar-refractivity contribution in [1.29, 1.82) is 0 Å². The summed E-state index contributed by atoms with van der Waals surface area (Å²) in [6.45, 7) is 0. The molecule has 1 unspecified atom stereocenters. The number of nitrogens with zero attached hydrogens (tertiary/aromatic N) is 2. The van der Waals surface area contributed by atoms with Crippen molar-refractivity contribution in [2.24, 2.45) is 0 Å². The van der Waals surface area contributed by atoms with Crippen molar-refractivity contribution < 1.29 is 14.1 Å². The highest BCUT2D eigenvalue weighted by atomic mass is 31.2. The van der Waals surface area contributed by atoms with Gasteiger partial charge in [0.05, 0.1) is 7.11 Å². The van der Waals surface area contributed by atoms with Gasteiger partial charge < -0.3 is 14.8 Å². The summed E-state index contributed by atoms with van der Waals surface area (Å²) in [5.74, 6) is 0.0902. The van der Waals surface area contributed by atoms with Crippen LogP contribution in [0.5, 0.6) is 0 Å². The van der Waals surface area contributed by atoms with Gasteiger partial charge in [-0.25, -0.2) is 0 Å². The predicted octanol–water partition coefficient (Wildman–Crippen LogP) is 4.97. The molecular formula is C25H21N2O2P. The molecule has 0 saturated carbocycles. The molecule has 0 bridgehead atoms. The van der Waals surface area contributed by atoms with E-state index in [2.05, 4.69) is 4.79 Å². The molecule has 1 aliphatic carbocycles. The summed E-state index contributed by atoms with van der Waals surface area (Å²) < 4.78 is 20.3. The first-order chi connectivity index (χ1) is 14.7. The quantitative estimate of drug-likeness (QED) is 0.257. The molecule has 1 aliphatic rings. The third-order valence-electron chi connectivity index (χ3n) is 5.27. The van der Waals surface area contributed by atoms with Crippen molar-refractivity contribution in [1.82, 2.24) is 0 Å². The van der Waals surface area contributed by atoms with Crippen molar-refractivity contribution in [2.75, 3.05) is 7.11 Å². The van der Waals surface area contributed by atoms with Crippen LogP contribution in [0, 0.1) is 0 Å². The lowest BCUT2D eigenvalue weighted by Crippen LogP contribution is -2.27. The minimum atomic E-state index is -3.44. The third-order valence-corrected chi connectivity index (χ3v) is 8.33. The molecule has 0 heterocycles. The van der Waals surface area contributed by atoms with Crippen molar-refractivity contribution in [3.05, 3.63) is 119 Å². The van der Waals surface area contributed by atoms with Crippen molar-refractivity contribution in [3.63, 3.8) is 0 Å². The molecule has 0 spiro atoms. The van der Waals surface area contributed by atoms with Gasteiger partial charge in [-0.15, -0.1) is 0 Å². The van der Waals surface area contributed by atoms with Crippen molar-refractivity contribution >= 4 is 29.3 Å². The summed E-state index contributed by atoms with van der Waals surface area (Å²) in [6, 6.07) is 26.2. The number of fused-ring (bicyclic) bond motifs is 1. The van der Waals surface area contributed by atoms with Crippen LogP contribution in [0.1, 0.15) is 17.0 Å². The second kappa shape index (κ2) is 8.51. The molecule has 0 radical (unpaired) electrons. The van der Waals surface area contributed by atoms with E-state index in [4.69, 9.17) is 4.74 Å². The Balaban J connectivity index is 2.00. The molecule has 3 aromatic carbocycles. The Morgan fingerprint density at radius 2 is 1.43 bits per heavy atom. The maximum atomic E-state index is 14.8. The average molecular weight is 412 g/mol. The van der Waals surface area contributed by atoms with Crippen LogP contribution in [0.25, 0.3) is 11.6 Å². The van der Waals surface area contributed by atoms with Crippen LogP contribution < -0.4 is 10.6 Å². The number of benzene rings is 3. The van der Waals surface area contributed by atoms with Crippen LogP contribution in [0.4, 0.5) is 0 Å². The average Bonchev–Trinajstić information content (AvgIpc) is 3.00. The van der Waals surface area contributed by atoms with Gasteiger partial charge in [0.2, 0.25) is 7.14 Å². The molecule has 0 aromatic heterocycles. The highest BCUT2D eigenvalue weighted by Gasteiger charge is 2.45. The van der Waals surface area contributed by atoms with Crippen molar-refractivity contribution in [2.45, 2.75) is 5.92 Å². The van der Waals surface area contributed by atoms with E-state index in [1.165, 1.54) is 0 Å². The van der Waals surface area contributed by atoms with E-state index in [1.54, 1.807) is 7.11 Å². The fourth-order valence-corrected chi connectivity index (χ4v) is 6.53. The molecule has 0 amide bonds. The zero-order chi connectivity index (χ0) is 21.0. The van der Waals surface area contributed by atoms with E-state index in [9.17, 15) is 10.1 Å². The molecule has 148 valence electrons. The molecule has 3 aromatic rings. The lowest BCUT2D eigenvalue weighted by molar-refractivity contribution is -0.00383. The number of hydrogen-bond acceptors (Lipinski definition) is 2. The van der Waals surface area contributed by atoms with Crippen LogP contribution in [-0.2, 0) is 9.30 Å². The number of rotatable bonds is 5. The molecule has 5 heteroatoms. The molecule has 0 saturated heterocycles. The predicted molar refractivity (Wildman–Crippen MR) is 122 cm³/mol. The van der Waals surface area contributed by atoms with Gasteiger partial charge in [0.15, 0.2) is 0 Å². The zero-order valence-corrected chi connectivity index (χ0v) is 17.4. The van der Waals surface area contributed by atoms with Crippen LogP contribution in [-0.4, -0.2) is 17.4 Å². The summed E-state index contributed by atoms with van der Waals surface area (Å²) >= 11 is 0. The Morgan fingerprint density at radius 1 is 0.867 bits per heavy atom. The Morgan fingerprint density at radius 3 is 2.00 bits per heavy atom. The standard InChI is InChI=1S/C25H21N2O2P/c1-29-20-17-16-19-10-8-9-15-23(19)24(18-20)25(27-26)30(28,21-11-4-2-5-12-21)22-13-6-3-7-14-22/h2-18,24H,1H3. The van der Waals surface area contributed by atoms with Gasteiger partial charge in [-0.3, -0.25) is 0 Å². The first kappa shape index (κ1) is 19.8. The molecule has 0 N–H and O–H groups in total. The van der Waals surface area contributed by atoms with Gasteiger partial charge in [0.1, 0.15) is 11.7 Å². The van der Waals surface area contributed by atoms with E-state index in [0.717, 1.165) is 11.1 Å². The van der Waals surface area contributed by atoms with Gasteiger partial charge in [0.25, 0.3) is 0 Å². The maximum Gasteiger partial charge on any atom is 0.344 e. The highest BCUT2D eigenvalue weighted by molar-refractivity contribution is 7.93. The summed E-state index contributed by atoms with van der Waals surface area (Å²) in [7, 11) is -1.85. The monoisotopic (exact) mass is 412 g/mol. The maximum absolute atomic E-state index is 14.8. The minimum Gasteiger partial charge on any atom is -0.497 e. The Hall–Kier alpha value is -3.45. The number of ether oxygens (including phenoxy) is 1. The smallest absolute Gasteiger partial charge is 0.344 e. The zero-order valence-electron chi connectivity index (χ0n) is 16.6. The van der Waals surface area contributed by atoms with Gasteiger partial charge in [-0.2, -0.15) is 4.79 Å². The topological polar surface area (TPSA) is 62.7 Å². The van der Waals surface area contributed by atoms with E-state index < -0.39 is 13.1 Å². The summed E-state index contributed by atoms with van der Waals surface area (Å²) in [6.07, 6.45) is 5.68. The van der Waals surface area contributed by atoms with E-state index in [-0.39, 0.29) is 5.45 Å². The summed E-state index contributed by atoms with van der Waals surface area (Å²) in [5, 5.41) is 1.23. The number of allylic oxidation sites excluding steroid dienone is 2. The Labute approximate surface area is 176 Å². The number of hydrogen-bond donors (Lipinski definition) is 0. The molecule has 0 aliphatic heterocycles. The fourth-order valence-electron chi connectivity index (χ4n) is 3.79. The Bertz CT molecular complexity index is 1170. The molecular weight excluding hydrogens is 391 g/mol. The lowest BCUT2D eigenvalue weighted by atomic mass is 9.95. The van der Waals surface area contributed by atoms with E-state index in [0.29, 0.717) is 16.4 Å². The van der Waals surface area contributed by atoms with Gasteiger partial charge in [0, 0.05) is 10.6 Å². The lowest BCUT2D eigenvalue weighted by Gasteiger charge is -2.20. The van der Waals surface area contributed by atoms with Crippen LogP contribution >= 0.6 is 7.14 Å². The van der Waals surface area contributed by atoms with Crippen LogP contribution in [0.2, 0.25) is 0 Å². The molecule has 30 heavy (non-hydrogen) atoms. The molecule has 0 fully saturated rings. The second-order valence-electron chi connectivity index (χ2n) is 6.95. The molecule has 4 nitrogen and oxygen atoms in total. The van der Waals surface area contributed by atoms with E-state index in [1.807, 2.05) is 103 Å². The summed E-state index contributed by atoms with van der Waals surface area (Å²) in [5.41, 5.74) is 12.3. The Kier molecular flexibility index (Phi) is 5.63. The van der Waals surface area contributed by atoms with Gasteiger partial charge in [-0.1, -0.05) is 91.0 Å². The largest absolute Gasteiger partial charge is 0.497 e. The molecule has 1 atom stereocenters. The van der Waals surface area contributed by atoms with E-state index >= 15 is 0 Å². The van der Waals surface area contributed by atoms with Crippen LogP contribution in [0.15, 0.2) is 103 Å². The third kappa shape index (κ3) is 3.48. The van der Waals surface area contributed by atoms with Crippen molar-refractivity contribution in [3.8, 4) is 0 Å². The van der Waals surface area contributed by atoms with Gasteiger partial charge in [-0.05, 0) is 23.3 Å². The van der Waals surface area contributed by atoms with Crippen LogP contribution in [0.3, 0.4) is 0 Å². The molecule has 4 rings (SSSR count). The van der Waals surface area contributed by atoms with Gasteiger partial charge >= 0.3 is 5.45 Å². The highest BCUT2D eigenvalue weighted by Crippen LogP contribution is 2.50. The summed E-state index contributed by atoms with van der Waals surface area (Å²) in [4.78, 5) is 3.67. The first-order valence-corrected chi connectivity index (χ1v) is 11.4. The normalized spacial score (nSPS) is 15.4. The second-order valence-corrected chi connectivity index (χ2v) is 9.66. The fraction of sp³-hybridized carbons (Fsp3) is 0.0800. The minimum absolute atomic E-state index is 0.200. The number of methoxy groups -OCH3 is 1. The first-order valence-electron chi connectivity index (χ1n) is 9.65. The SMILES string of the molecule is COC1=CC(C(=[N+]=[N-])P(=O)(c2ccccc2)c2ccccc2)c2ccccc2C=C1.